The first-order valence-corrected chi connectivity index (χ1v) is 4.03. The van der Waals surface area contributed by atoms with Crippen molar-refractivity contribution in [3.05, 3.63) is 23.4 Å². The molecule has 0 unspecified atom stereocenters. The van der Waals surface area contributed by atoms with Crippen LogP contribution in [0.15, 0.2) is 12.3 Å². The third-order valence-corrected chi connectivity index (χ3v) is 1.77. The smallest absolute Gasteiger partial charge is 0.129 e. The van der Waals surface area contributed by atoms with Gasteiger partial charge in [0.15, 0.2) is 0 Å². The van der Waals surface area contributed by atoms with Crippen molar-refractivity contribution in [2.45, 2.75) is 20.5 Å². The number of aryl methyl sites for hydroxylation is 1. The first kappa shape index (κ1) is 9.00. The van der Waals surface area contributed by atoms with Gasteiger partial charge in [-0.3, -0.25) is 0 Å². The Morgan fingerprint density at radius 2 is 2.33 bits per heavy atom. The number of nitrogen functional groups attached to an aromatic ring is 1. The normalized spacial score (nSPS) is 10.2. The zero-order valence-electron chi connectivity index (χ0n) is 7.50. The summed E-state index contributed by atoms with van der Waals surface area (Å²) < 4.78 is 5.26. The number of ether oxygens (including phenoxy) is 1. The average molecular weight is 166 g/mol. The molecule has 1 aromatic rings. The van der Waals surface area contributed by atoms with Gasteiger partial charge in [0.1, 0.15) is 5.82 Å². The van der Waals surface area contributed by atoms with Crippen LogP contribution in [0.3, 0.4) is 0 Å². The second-order valence-corrected chi connectivity index (χ2v) is 2.63. The molecule has 2 N–H and O–H groups in total. The highest BCUT2D eigenvalue weighted by molar-refractivity contribution is 5.43. The number of nitrogens with zero attached hydrogens (tertiary/aromatic N) is 1. The van der Waals surface area contributed by atoms with Gasteiger partial charge < -0.3 is 10.5 Å². The summed E-state index contributed by atoms with van der Waals surface area (Å²) in [4.78, 5) is 3.99. The summed E-state index contributed by atoms with van der Waals surface area (Å²) in [7, 11) is 0. The third kappa shape index (κ3) is 1.95. The van der Waals surface area contributed by atoms with E-state index in [1.54, 1.807) is 6.20 Å². The molecule has 0 fully saturated rings. The lowest BCUT2D eigenvalue weighted by molar-refractivity contribution is 0.134. The molecule has 66 valence electrons. The Bertz CT molecular complexity index is 240. The number of aromatic nitrogens is 1. The molecule has 0 saturated heterocycles. The van der Waals surface area contributed by atoms with E-state index in [1.165, 1.54) is 0 Å². The topological polar surface area (TPSA) is 48.1 Å². The van der Waals surface area contributed by atoms with Gasteiger partial charge in [0, 0.05) is 18.4 Å². The van der Waals surface area contributed by atoms with Gasteiger partial charge in [-0.25, -0.2) is 4.98 Å². The summed E-state index contributed by atoms with van der Waals surface area (Å²) in [5.74, 6) is 0.573. The Morgan fingerprint density at radius 1 is 1.58 bits per heavy atom. The van der Waals surface area contributed by atoms with Crippen LogP contribution in [0.5, 0.6) is 0 Å². The summed E-state index contributed by atoms with van der Waals surface area (Å²) in [5.41, 5.74) is 7.81. The van der Waals surface area contributed by atoms with Gasteiger partial charge >= 0.3 is 0 Å². The predicted octanol–water partition coefficient (Wildman–Crippen LogP) is 1.51. The molecule has 0 radical (unpaired) electrons. The van der Waals surface area contributed by atoms with Crippen molar-refractivity contribution >= 4 is 5.82 Å². The van der Waals surface area contributed by atoms with Crippen molar-refractivity contribution in [1.82, 2.24) is 4.98 Å². The summed E-state index contributed by atoms with van der Waals surface area (Å²) in [6, 6.07) is 1.94. The fraction of sp³-hybridized carbons (Fsp3) is 0.444. The highest BCUT2D eigenvalue weighted by atomic mass is 16.5. The van der Waals surface area contributed by atoms with E-state index in [0.29, 0.717) is 19.0 Å². The molecule has 3 nitrogen and oxygen atoms in total. The minimum absolute atomic E-state index is 0.558. The van der Waals surface area contributed by atoms with Gasteiger partial charge in [0.05, 0.1) is 6.61 Å². The average Bonchev–Trinajstić information content (AvgIpc) is 2.04. The maximum Gasteiger partial charge on any atom is 0.129 e. The fourth-order valence-electron chi connectivity index (χ4n) is 1.00. The fourth-order valence-corrected chi connectivity index (χ4v) is 1.00. The molecule has 0 spiro atoms. The maximum absolute atomic E-state index is 5.67. The maximum atomic E-state index is 5.67. The predicted molar refractivity (Wildman–Crippen MR) is 48.7 cm³/mol. The molecule has 0 bridgehead atoms. The Labute approximate surface area is 72.6 Å². The molecule has 0 aromatic carbocycles. The lowest BCUT2D eigenvalue weighted by Gasteiger charge is -2.07. The molecular formula is C9H14N2O. The highest BCUT2D eigenvalue weighted by Crippen LogP contribution is 2.13. The van der Waals surface area contributed by atoms with E-state index in [1.807, 2.05) is 19.9 Å². The second-order valence-electron chi connectivity index (χ2n) is 2.63. The molecule has 12 heavy (non-hydrogen) atoms. The molecule has 0 atom stereocenters. The first-order valence-electron chi connectivity index (χ1n) is 4.03. The molecule has 0 aliphatic heterocycles. The largest absolute Gasteiger partial charge is 0.383 e. The third-order valence-electron chi connectivity index (χ3n) is 1.77. The molecule has 0 saturated carbocycles. The van der Waals surface area contributed by atoms with Gasteiger partial charge in [-0.1, -0.05) is 0 Å². The van der Waals surface area contributed by atoms with Crippen molar-refractivity contribution in [1.29, 1.82) is 0 Å². The second kappa shape index (κ2) is 4.07. The number of anilines is 1. The van der Waals surface area contributed by atoms with Crippen LogP contribution in [0.4, 0.5) is 5.82 Å². The van der Waals surface area contributed by atoms with Gasteiger partial charge in [0.25, 0.3) is 0 Å². The Morgan fingerprint density at radius 3 is 2.92 bits per heavy atom. The Hall–Kier alpha value is -1.09. The van der Waals surface area contributed by atoms with E-state index in [0.717, 1.165) is 11.1 Å². The standard InChI is InChI=1S/C9H14N2O/c1-3-12-6-8-7(2)4-5-11-9(8)10/h4-5H,3,6H2,1-2H3,(H2,10,11). The van der Waals surface area contributed by atoms with E-state index in [9.17, 15) is 0 Å². The molecular weight excluding hydrogens is 152 g/mol. The van der Waals surface area contributed by atoms with Gasteiger partial charge in [-0.2, -0.15) is 0 Å². The van der Waals surface area contributed by atoms with Crippen LogP contribution in [0.2, 0.25) is 0 Å². The number of hydrogen-bond acceptors (Lipinski definition) is 3. The summed E-state index contributed by atoms with van der Waals surface area (Å²) in [5, 5.41) is 0. The van der Waals surface area contributed by atoms with Gasteiger partial charge in [-0.15, -0.1) is 0 Å². The molecule has 1 rings (SSSR count). The van der Waals surface area contributed by atoms with Gasteiger partial charge in [-0.05, 0) is 25.5 Å². The van der Waals surface area contributed by atoms with Crippen LogP contribution in [-0.2, 0) is 11.3 Å². The number of pyridine rings is 1. The Kier molecular flexibility index (Phi) is 3.05. The van der Waals surface area contributed by atoms with Crippen molar-refractivity contribution in [3.63, 3.8) is 0 Å². The lowest BCUT2D eigenvalue weighted by atomic mass is 10.1. The minimum atomic E-state index is 0.558. The molecule has 0 aliphatic carbocycles. The SMILES string of the molecule is CCOCc1c(C)ccnc1N. The lowest BCUT2D eigenvalue weighted by Crippen LogP contribution is -2.02. The summed E-state index contributed by atoms with van der Waals surface area (Å²) in [6.45, 7) is 5.23. The minimum Gasteiger partial charge on any atom is -0.383 e. The van der Waals surface area contributed by atoms with Crippen molar-refractivity contribution in [3.8, 4) is 0 Å². The molecule has 1 heterocycles. The van der Waals surface area contributed by atoms with E-state index in [2.05, 4.69) is 4.98 Å². The summed E-state index contributed by atoms with van der Waals surface area (Å²) >= 11 is 0. The quantitative estimate of drug-likeness (QED) is 0.740. The zero-order valence-corrected chi connectivity index (χ0v) is 7.50. The first-order chi connectivity index (χ1) is 5.75. The van der Waals surface area contributed by atoms with Crippen LogP contribution in [0, 0.1) is 6.92 Å². The molecule has 0 aliphatic rings. The Balaban J connectivity index is 2.81. The van der Waals surface area contributed by atoms with Crippen LogP contribution in [0.25, 0.3) is 0 Å². The van der Waals surface area contributed by atoms with Crippen molar-refractivity contribution in [2.24, 2.45) is 0 Å². The number of rotatable bonds is 3. The van der Waals surface area contributed by atoms with Crippen LogP contribution in [-0.4, -0.2) is 11.6 Å². The number of nitrogens with two attached hydrogens (primary N) is 1. The number of hydrogen-bond donors (Lipinski definition) is 1. The van der Waals surface area contributed by atoms with Crippen molar-refractivity contribution < 1.29 is 4.74 Å². The monoisotopic (exact) mass is 166 g/mol. The van der Waals surface area contributed by atoms with Crippen LogP contribution >= 0.6 is 0 Å². The molecule has 1 aromatic heterocycles. The zero-order chi connectivity index (χ0) is 8.97. The highest BCUT2D eigenvalue weighted by Gasteiger charge is 2.02. The molecule has 0 amide bonds. The molecule has 3 heteroatoms. The van der Waals surface area contributed by atoms with Crippen molar-refractivity contribution in [2.75, 3.05) is 12.3 Å². The van der Waals surface area contributed by atoms with Crippen LogP contribution < -0.4 is 5.73 Å². The van der Waals surface area contributed by atoms with E-state index >= 15 is 0 Å². The van der Waals surface area contributed by atoms with E-state index in [4.69, 9.17) is 10.5 Å². The van der Waals surface area contributed by atoms with Crippen LogP contribution in [0.1, 0.15) is 18.1 Å². The van der Waals surface area contributed by atoms with Gasteiger partial charge in [0.2, 0.25) is 0 Å². The van der Waals surface area contributed by atoms with E-state index < -0.39 is 0 Å². The van der Waals surface area contributed by atoms with E-state index in [-0.39, 0.29) is 0 Å². The summed E-state index contributed by atoms with van der Waals surface area (Å²) in [6.07, 6.45) is 1.71.